The number of carbonyl (C=O) groups is 4. The van der Waals surface area contributed by atoms with Crippen LogP contribution in [0.4, 0.5) is 0 Å². The minimum atomic E-state index is -1.45. The zero-order valence-corrected chi connectivity index (χ0v) is 23.4. The number of unbranched alkanes of at least 4 members (excludes halogenated alkanes) is 1. The number of nitrogens with two attached hydrogens (primary N) is 2. The molecule has 36 heavy (non-hydrogen) atoms. The number of hydrogen-bond acceptors (Lipinski definition) is 7. The van der Waals surface area contributed by atoms with Gasteiger partial charge >= 0.3 is 0 Å². The first-order chi connectivity index (χ1) is 16.8. The topological polar surface area (TPSA) is 144 Å². The predicted octanol–water partition coefficient (Wildman–Crippen LogP) is 3.22. The summed E-state index contributed by atoms with van der Waals surface area (Å²) in [5.74, 6) is -3.88. The number of amides is 2. The van der Waals surface area contributed by atoms with Gasteiger partial charge in [-0.2, -0.15) is 0 Å². The van der Waals surface area contributed by atoms with Gasteiger partial charge in [-0.15, -0.1) is 0 Å². The Morgan fingerprint density at radius 3 is 1.97 bits per heavy atom. The van der Waals surface area contributed by atoms with Gasteiger partial charge in [-0.05, 0) is 24.2 Å². The van der Waals surface area contributed by atoms with E-state index in [9.17, 15) is 24.3 Å². The molecule has 2 amide bonds. The Hall–Kier alpha value is -1.64. The third-order valence-corrected chi connectivity index (χ3v) is 7.96. The van der Waals surface area contributed by atoms with Gasteiger partial charge in [0.25, 0.3) is 0 Å². The first kappa shape index (κ1) is 32.4. The number of ketones is 2. The standard InChI is InChI=1S/C28H51N3O5/c1-17(2)22(15-11-10-14-21-12-8-7-9-13-21)26(34)27(35)25(19(5)23(33)16-29)31(20(6)32)28(36)24(30)18(3)4/h17-19,21-25,33H,7-16,29-30H2,1-6H3/t19-,22-,23+,24-,25-/m0/s1. The van der Waals surface area contributed by atoms with Crippen molar-refractivity contribution in [3.05, 3.63) is 0 Å². The van der Waals surface area contributed by atoms with Crippen molar-refractivity contribution < 1.29 is 24.3 Å². The highest BCUT2D eigenvalue weighted by Crippen LogP contribution is 2.30. The number of nitrogens with zero attached hydrogens (tertiary/aromatic N) is 1. The number of carbonyl (C=O) groups excluding carboxylic acids is 4. The van der Waals surface area contributed by atoms with E-state index in [0.717, 1.165) is 30.1 Å². The van der Waals surface area contributed by atoms with Crippen LogP contribution >= 0.6 is 0 Å². The minimum absolute atomic E-state index is 0.0779. The number of imide groups is 1. The molecule has 0 saturated heterocycles. The fourth-order valence-electron chi connectivity index (χ4n) is 5.32. The van der Waals surface area contributed by atoms with Gasteiger partial charge in [0.2, 0.25) is 23.4 Å². The lowest BCUT2D eigenvalue weighted by atomic mass is 9.79. The van der Waals surface area contributed by atoms with Crippen LogP contribution in [-0.2, 0) is 19.2 Å². The van der Waals surface area contributed by atoms with Crippen LogP contribution in [0.5, 0.6) is 0 Å². The maximum atomic E-state index is 13.7. The van der Waals surface area contributed by atoms with Crippen molar-refractivity contribution in [1.82, 2.24) is 4.90 Å². The van der Waals surface area contributed by atoms with E-state index in [1.165, 1.54) is 46.0 Å². The highest BCUT2D eigenvalue weighted by molar-refractivity contribution is 6.40. The summed E-state index contributed by atoms with van der Waals surface area (Å²) < 4.78 is 0. The fraction of sp³-hybridized carbons (Fsp3) is 0.857. The zero-order valence-electron chi connectivity index (χ0n) is 23.4. The van der Waals surface area contributed by atoms with Crippen LogP contribution in [0.2, 0.25) is 0 Å². The molecule has 5 N–H and O–H groups in total. The SMILES string of the molecule is CC(=O)N(C(=O)[C@@H](N)C(C)C)[C@H](C(=O)C(=O)[C@@H](CCCCC1CCCCC1)C(C)C)[C@@H](C)[C@H](O)CN. The van der Waals surface area contributed by atoms with Gasteiger partial charge in [-0.25, -0.2) is 0 Å². The summed E-state index contributed by atoms with van der Waals surface area (Å²) in [5.41, 5.74) is 11.7. The van der Waals surface area contributed by atoms with E-state index in [1.807, 2.05) is 13.8 Å². The maximum absolute atomic E-state index is 13.7. The van der Waals surface area contributed by atoms with Gasteiger partial charge in [-0.1, -0.05) is 86.0 Å². The molecule has 0 aliphatic heterocycles. The summed E-state index contributed by atoms with van der Waals surface area (Å²) in [5, 5.41) is 10.5. The molecule has 0 aromatic rings. The molecule has 0 radical (unpaired) electrons. The number of Topliss-reactive ketones (excluding diaryl/α,β-unsaturated/α-hetero) is 2. The summed E-state index contributed by atoms with van der Waals surface area (Å²) in [6.07, 6.45) is 8.89. The summed E-state index contributed by atoms with van der Waals surface area (Å²) >= 11 is 0. The predicted molar refractivity (Wildman–Crippen MR) is 142 cm³/mol. The molecule has 8 nitrogen and oxygen atoms in total. The Morgan fingerprint density at radius 1 is 0.917 bits per heavy atom. The third-order valence-electron chi connectivity index (χ3n) is 7.96. The molecule has 1 saturated carbocycles. The lowest BCUT2D eigenvalue weighted by molar-refractivity contribution is -0.157. The van der Waals surface area contributed by atoms with Gasteiger partial charge in [0.05, 0.1) is 12.1 Å². The van der Waals surface area contributed by atoms with Crippen molar-refractivity contribution in [3.8, 4) is 0 Å². The number of aliphatic hydroxyl groups excluding tert-OH is 1. The number of hydrogen-bond donors (Lipinski definition) is 3. The molecule has 8 heteroatoms. The Morgan fingerprint density at radius 2 is 1.50 bits per heavy atom. The average Bonchev–Trinajstić information content (AvgIpc) is 2.84. The Kier molecular flexibility index (Phi) is 14.0. The third kappa shape index (κ3) is 9.03. The van der Waals surface area contributed by atoms with Crippen LogP contribution in [0, 0.1) is 29.6 Å². The Bertz CT molecular complexity index is 733. The van der Waals surface area contributed by atoms with Crippen LogP contribution in [0.1, 0.15) is 99.3 Å². The van der Waals surface area contributed by atoms with Gasteiger partial charge in [0.1, 0.15) is 6.04 Å². The van der Waals surface area contributed by atoms with E-state index in [1.54, 1.807) is 13.8 Å². The molecule has 0 aromatic heterocycles. The van der Waals surface area contributed by atoms with E-state index in [2.05, 4.69) is 0 Å². The number of aliphatic hydroxyl groups is 1. The molecule has 0 heterocycles. The van der Waals surface area contributed by atoms with E-state index < -0.39 is 53.4 Å². The quantitative estimate of drug-likeness (QED) is 0.227. The van der Waals surface area contributed by atoms with E-state index in [0.29, 0.717) is 6.42 Å². The van der Waals surface area contributed by atoms with E-state index >= 15 is 0 Å². The zero-order chi connectivity index (χ0) is 27.6. The lowest BCUT2D eigenvalue weighted by Crippen LogP contribution is -2.60. The highest BCUT2D eigenvalue weighted by Gasteiger charge is 2.45. The Labute approximate surface area is 217 Å². The van der Waals surface area contributed by atoms with Crippen molar-refractivity contribution in [2.24, 2.45) is 41.1 Å². The average molecular weight is 510 g/mol. The molecule has 0 bridgehead atoms. The molecule has 1 aliphatic carbocycles. The highest BCUT2D eigenvalue weighted by atomic mass is 16.3. The summed E-state index contributed by atoms with van der Waals surface area (Å²) in [6, 6.07) is -2.48. The summed E-state index contributed by atoms with van der Waals surface area (Å²) in [7, 11) is 0. The molecule has 1 fully saturated rings. The second kappa shape index (κ2) is 15.6. The normalized spacial score (nSPS) is 19.0. The monoisotopic (exact) mass is 509 g/mol. The van der Waals surface area contributed by atoms with Crippen LogP contribution in [0.15, 0.2) is 0 Å². The Balaban J connectivity index is 3.13. The molecule has 0 spiro atoms. The van der Waals surface area contributed by atoms with E-state index in [-0.39, 0.29) is 18.4 Å². The smallest absolute Gasteiger partial charge is 0.247 e. The van der Waals surface area contributed by atoms with Gasteiger partial charge in [0.15, 0.2) is 0 Å². The molecule has 208 valence electrons. The van der Waals surface area contributed by atoms with Crippen molar-refractivity contribution in [2.75, 3.05) is 6.54 Å². The molecular weight excluding hydrogens is 458 g/mol. The molecular formula is C28H51N3O5. The second-order valence-corrected chi connectivity index (χ2v) is 11.5. The minimum Gasteiger partial charge on any atom is -0.391 e. The van der Waals surface area contributed by atoms with Crippen molar-refractivity contribution >= 4 is 23.4 Å². The van der Waals surface area contributed by atoms with Crippen LogP contribution < -0.4 is 11.5 Å². The van der Waals surface area contributed by atoms with Crippen molar-refractivity contribution in [2.45, 2.75) is 118 Å². The second-order valence-electron chi connectivity index (χ2n) is 11.5. The maximum Gasteiger partial charge on any atom is 0.247 e. The molecule has 1 aliphatic rings. The summed E-state index contributed by atoms with van der Waals surface area (Å²) in [6.45, 7) is 9.82. The largest absolute Gasteiger partial charge is 0.391 e. The van der Waals surface area contributed by atoms with Gasteiger partial charge in [-0.3, -0.25) is 24.1 Å². The number of rotatable bonds is 15. The molecule has 1 rings (SSSR count). The molecule has 5 atom stereocenters. The first-order valence-corrected chi connectivity index (χ1v) is 13.9. The molecule has 0 unspecified atom stereocenters. The van der Waals surface area contributed by atoms with E-state index in [4.69, 9.17) is 11.5 Å². The van der Waals surface area contributed by atoms with Crippen LogP contribution in [-0.4, -0.2) is 58.1 Å². The van der Waals surface area contributed by atoms with Gasteiger partial charge < -0.3 is 16.6 Å². The summed E-state index contributed by atoms with van der Waals surface area (Å²) in [4.78, 5) is 53.8. The first-order valence-electron chi connectivity index (χ1n) is 13.9. The molecule has 0 aromatic carbocycles. The van der Waals surface area contributed by atoms with Crippen LogP contribution in [0.25, 0.3) is 0 Å². The van der Waals surface area contributed by atoms with Crippen LogP contribution in [0.3, 0.4) is 0 Å². The lowest BCUT2D eigenvalue weighted by Gasteiger charge is -2.36. The van der Waals surface area contributed by atoms with Crippen molar-refractivity contribution in [3.63, 3.8) is 0 Å². The fourth-order valence-corrected chi connectivity index (χ4v) is 5.32. The van der Waals surface area contributed by atoms with Crippen molar-refractivity contribution in [1.29, 1.82) is 0 Å². The van der Waals surface area contributed by atoms with Gasteiger partial charge in [0, 0.05) is 25.3 Å².